The Morgan fingerprint density at radius 2 is 2.08 bits per heavy atom. The van der Waals surface area contributed by atoms with Crippen LogP contribution < -0.4 is 0 Å². The van der Waals surface area contributed by atoms with Gasteiger partial charge < -0.3 is 9.47 Å². The summed E-state index contributed by atoms with van der Waals surface area (Å²) in [5.74, 6) is 0.297. The van der Waals surface area contributed by atoms with Crippen LogP contribution in [0.25, 0.3) is 0 Å². The molecule has 1 aromatic rings. The van der Waals surface area contributed by atoms with Crippen LogP contribution in [-0.4, -0.2) is 29.9 Å². The quantitative estimate of drug-likeness (QED) is 0.833. The van der Waals surface area contributed by atoms with Gasteiger partial charge in [0.25, 0.3) is 0 Å². The lowest BCUT2D eigenvalue weighted by molar-refractivity contribution is -0.168. The minimum absolute atomic E-state index is 0.0871. The largest absolute Gasteiger partial charge is 0.376 e. The van der Waals surface area contributed by atoms with Crippen molar-refractivity contribution >= 4 is 11.6 Å². The number of rotatable bonds is 5. The summed E-state index contributed by atoms with van der Waals surface area (Å²) in [6.07, 6.45) is 3.35. The lowest BCUT2D eigenvalue weighted by Gasteiger charge is -2.43. The summed E-state index contributed by atoms with van der Waals surface area (Å²) in [6, 6.07) is 10.1. The number of hydrogen-bond donors (Lipinski definition) is 0. The molecule has 1 saturated carbocycles. The molecule has 0 aromatic heterocycles. The molecule has 4 heteroatoms. The third kappa shape index (κ3) is 2.27. The highest BCUT2D eigenvalue weighted by atomic mass is 16.5. The van der Waals surface area contributed by atoms with Crippen LogP contribution in [0.3, 0.4) is 0 Å². The SMILES string of the molecule is CC(=O)[C@@H]1CC[C@@]2(COCc3ccccc3)C[C@H]3O[C@@]12CCC3=O. The fourth-order valence-electron chi connectivity index (χ4n) is 5.24. The van der Waals surface area contributed by atoms with Crippen molar-refractivity contribution in [3.05, 3.63) is 35.9 Å². The monoisotopic (exact) mass is 328 g/mol. The summed E-state index contributed by atoms with van der Waals surface area (Å²) < 4.78 is 12.3. The van der Waals surface area contributed by atoms with Crippen LogP contribution in [0.1, 0.15) is 44.6 Å². The molecule has 0 amide bonds. The highest BCUT2D eigenvalue weighted by Gasteiger charge is 2.69. The van der Waals surface area contributed by atoms with E-state index in [1.807, 2.05) is 30.3 Å². The summed E-state index contributed by atoms with van der Waals surface area (Å²) in [5.41, 5.74) is 0.477. The average molecular weight is 328 g/mol. The minimum atomic E-state index is -0.478. The van der Waals surface area contributed by atoms with Gasteiger partial charge in [0.15, 0.2) is 5.78 Å². The van der Waals surface area contributed by atoms with Crippen molar-refractivity contribution < 1.29 is 19.1 Å². The molecular weight excluding hydrogens is 304 g/mol. The summed E-state index contributed by atoms with van der Waals surface area (Å²) in [6.45, 7) is 2.78. The lowest BCUT2D eigenvalue weighted by atomic mass is 9.69. The van der Waals surface area contributed by atoms with Crippen molar-refractivity contribution in [1.82, 2.24) is 0 Å². The smallest absolute Gasteiger partial charge is 0.161 e. The van der Waals surface area contributed by atoms with Crippen molar-refractivity contribution in [3.63, 3.8) is 0 Å². The van der Waals surface area contributed by atoms with Crippen molar-refractivity contribution in [1.29, 1.82) is 0 Å². The van der Waals surface area contributed by atoms with Crippen LogP contribution >= 0.6 is 0 Å². The Bertz CT molecular complexity index is 655. The third-order valence-corrected chi connectivity index (χ3v) is 6.38. The predicted octanol–water partition coefficient (Wildman–Crippen LogP) is 3.08. The van der Waals surface area contributed by atoms with E-state index in [-0.39, 0.29) is 29.0 Å². The molecule has 1 aliphatic carbocycles. The van der Waals surface area contributed by atoms with E-state index < -0.39 is 5.60 Å². The second kappa shape index (κ2) is 5.78. The molecule has 1 aromatic carbocycles. The molecule has 2 bridgehead atoms. The number of hydrogen-bond acceptors (Lipinski definition) is 4. The summed E-state index contributed by atoms with van der Waals surface area (Å²) in [5, 5.41) is 0. The molecule has 0 unspecified atom stereocenters. The normalized spacial score (nSPS) is 37.5. The Morgan fingerprint density at radius 3 is 2.83 bits per heavy atom. The molecule has 0 radical (unpaired) electrons. The van der Waals surface area contributed by atoms with E-state index in [1.54, 1.807) is 6.92 Å². The maximum absolute atomic E-state index is 12.2. The van der Waals surface area contributed by atoms with E-state index >= 15 is 0 Å². The van der Waals surface area contributed by atoms with Crippen LogP contribution in [0, 0.1) is 11.3 Å². The first-order valence-corrected chi connectivity index (χ1v) is 8.89. The van der Waals surface area contributed by atoms with Crippen LogP contribution in [0.2, 0.25) is 0 Å². The number of ether oxygens (including phenoxy) is 2. The van der Waals surface area contributed by atoms with Crippen LogP contribution in [0.4, 0.5) is 0 Å². The topological polar surface area (TPSA) is 52.6 Å². The van der Waals surface area contributed by atoms with E-state index in [9.17, 15) is 9.59 Å². The maximum Gasteiger partial charge on any atom is 0.161 e. The zero-order valence-corrected chi connectivity index (χ0v) is 14.1. The second-order valence-electron chi connectivity index (χ2n) is 7.63. The van der Waals surface area contributed by atoms with Gasteiger partial charge in [-0.15, -0.1) is 0 Å². The molecule has 2 heterocycles. The number of ketones is 2. The van der Waals surface area contributed by atoms with Crippen LogP contribution in [0.15, 0.2) is 30.3 Å². The minimum Gasteiger partial charge on any atom is -0.376 e. The van der Waals surface area contributed by atoms with E-state index in [4.69, 9.17) is 9.47 Å². The lowest BCUT2D eigenvalue weighted by Crippen LogP contribution is -2.51. The first-order chi connectivity index (χ1) is 11.6. The molecule has 3 fully saturated rings. The number of fused-ring (bicyclic) bond motifs is 1. The van der Waals surface area contributed by atoms with Crippen molar-refractivity contribution in [2.45, 2.75) is 57.3 Å². The highest BCUT2D eigenvalue weighted by molar-refractivity contribution is 5.86. The number of benzene rings is 1. The molecular formula is C20H24O4. The van der Waals surface area contributed by atoms with Gasteiger partial charge in [-0.05, 0) is 38.2 Å². The fourth-order valence-corrected chi connectivity index (χ4v) is 5.24. The number of carbonyl (C=O) groups is 2. The molecule has 4 atom stereocenters. The Kier molecular flexibility index (Phi) is 3.85. The van der Waals surface area contributed by atoms with Crippen LogP contribution in [-0.2, 0) is 25.7 Å². The van der Waals surface area contributed by atoms with Gasteiger partial charge in [0.2, 0.25) is 0 Å². The molecule has 1 spiro atoms. The van der Waals surface area contributed by atoms with Gasteiger partial charge in [0.05, 0.1) is 18.8 Å². The van der Waals surface area contributed by atoms with Gasteiger partial charge in [-0.1, -0.05) is 30.3 Å². The van der Waals surface area contributed by atoms with Gasteiger partial charge in [0, 0.05) is 17.8 Å². The average Bonchev–Trinajstić information content (AvgIpc) is 3.00. The molecule has 4 nitrogen and oxygen atoms in total. The summed E-state index contributed by atoms with van der Waals surface area (Å²) in [4.78, 5) is 24.3. The molecule has 128 valence electrons. The van der Waals surface area contributed by atoms with Gasteiger partial charge >= 0.3 is 0 Å². The molecule has 2 aliphatic heterocycles. The number of carbonyl (C=O) groups excluding carboxylic acids is 2. The van der Waals surface area contributed by atoms with Gasteiger partial charge in [-0.3, -0.25) is 9.59 Å². The van der Waals surface area contributed by atoms with Gasteiger partial charge in [0.1, 0.15) is 11.9 Å². The van der Waals surface area contributed by atoms with Crippen molar-refractivity contribution in [2.75, 3.05) is 6.61 Å². The zero-order chi connectivity index (χ0) is 16.8. The highest BCUT2D eigenvalue weighted by Crippen LogP contribution is 2.64. The predicted molar refractivity (Wildman–Crippen MR) is 88.4 cm³/mol. The van der Waals surface area contributed by atoms with Crippen molar-refractivity contribution in [3.8, 4) is 0 Å². The molecule has 0 N–H and O–H groups in total. The Morgan fingerprint density at radius 1 is 1.29 bits per heavy atom. The third-order valence-electron chi connectivity index (χ3n) is 6.38. The molecule has 24 heavy (non-hydrogen) atoms. The van der Waals surface area contributed by atoms with E-state index in [0.717, 1.165) is 18.4 Å². The van der Waals surface area contributed by atoms with E-state index in [1.165, 1.54) is 0 Å². The standard InChI is InChI=1S/C20H24O4/c1-14(21)16-7-9-19(13-23-12-15-5-3-2-4-6-15)11-18-17(22)8-10-20(16,19)24-18/h2-6,16,18H,7-13H2,1H3/t16-,18+,19-,20-/m0/s1. The van der Waals surface area contributed by atoms with Gasteiger partial charge in [-0.25, -0.2) is 0 Å². The molecule has 2 saturated heterocycles. The second-order valence-corrected chi connectivity index (χ2v) is 7.63. The number of Topliss-reactive ketones (excluding diaryl/α,β-unsaturated/α-hetero) is 2. The fraction of sp³-hybridized carbons (Fsp3) is 0.600. The Hall–Kier alpha value is -1.52. The summed E-state index contributed by atoms with van der Waals surface area (Å²) in [7, 11) is 0. The Labute approximate surface area is 142 Å². The first-order valence-electron chi connectivity index (χ1n) is 8.89. The maximum atomic E-state index is 12.2. The molecule has 3 aliphatic rings. The molecule has 4 rings (SSSR count). The van der Waals surface area contributed by atoms with E-state index in [0.29, 0.717) is 32.5 Å². The van der Waals surface area contributed by atoms with E-state index in [2.05, 4.69) is 0 Å². The zero-order valence-electron chi connectivity index (χ0n) is 14.1. The summed E-state index contributed by atoms with van der Waals surface area (Å²) >= 11 is 0. The van der Waals surface area contributed by atoms with Crippen LogP contribution in [0.5, 0.6) is 0 Å². The first kappa shape index (κ1) is 16.0. The van der Waals surface area contributed by atoms with Crippen molar-refractivity contribution in [2.24, 2.45) is 11.3 Å². The van der Waals surface area contributed by atoms with Gasteiger partial charge in [-0.2, -0.15) is 0 Å². The Balaban J connectivity index is 1.55.